The largest absolute Gasteiger partial charge is 0.416 e. The normalized spacial score (nSPS) is 28.9. The van der Waals surface area contributed by atoms with E-state index in [4.69, 9.17) is 0 Å². The van der Waals surface area contributed by atoms with Crippen molar-refractivity contribution in [1.29, 1.82) is 0 Å². The third kappa shape index (κ3) is 3.78. The van der Waals surface area contributed by atoms with Crippen LogP contribution < -0.4 is 15.8 Å². The molecule has 4 rings (SSSR count). The van der Waals surface area contributed by atoms with Gasteiger partial charge in [0.15, 0.2) is 0 Å². The number of amides is 1. The first-order valence-corrected chi connectivity index (χ1v) is 9.65. The Morgan fingerprint density at radius 2 is 1.78 bits per heavy atom. The summed E-state index contributed by atoms with van der Waals surface area (Å²) in [5, 5.41) is 0. The third-order valence-electron chi connectivity index (χ3n) is 6.07. The number of fused-ring (bicyclic) bond motifs is 1. The number of hydrogen-bond acceptors (Lipinski definition) is 4. The molecule has 3 atom stereocenters. The van der Waals surface area contributed by atoms with Gasteiger partial charge in [0, 0.05) is 43.8 Å². The summed E-state index contributed by atoms with van der Waals surface area (Å²) >= 11 is 0. The maximum atomic E-state index is 12.9. The average molecular weight is 382 g/mol. The van der Waals surface area contributed by atoms with Gasteiger partial charge in [-0.1, -0.05) is 18.9 Å². The van der Waals surface area contributed by atoms with Crippen LogP contribution in [0.1, 0.15) is 31.2 Å². The molecule has 1 saturated carbocycles. The van der Waals surface area contributed by atoms with E-state index in [0.717, 1.165) is 25.3 Å². The van der Waals surface area contributed by atoms with Crippen LogP contribution in [0.25, 0.3) is 0 Å². The molecule has 0 spiro atoms. The zero-order valence-electron chi connectivity index (χ0n) is 15.1. The summed E-state index contributed by atoms with van der Waals surface area (Å²) in [6, 6.07) is 5.60. The van der Waals surface area contributed by atoms with Crippen molar-refractivity contribution in [2.24, 2.45) is 5.92 Å². The highest BCUT2D eigenvalue weighted by molar-refractivity contribution is 5.83. The Morgan fingerprint density at radius 3 is 2.52 bits per heavy atom. The number of hydrogen-bond donors (Lipinski definition) is 2. The highest BCUT2D eigenvalue weighted by Crippen LogP contribution is 2.33. The Kier molecular flexibility index (Phi) is 5.03. The van der Waals surface area contributed by atoms with Crippen molar-refractivity contribution in [3.8, 4) is 0 Å². The number of hydrazine groups is 1. The van der Waals surface area contributed by atoms with Gasteiger partial charge >= 0.3 is 6.18 Å². The van der Waals surface area contributed by atoms with Gasteiger partial charge in [-0.2, -0.15) is 13.2 Å². The second-order valence-electron chi connectivity index (χ2n) is 7.68. The van der Waals surface area contributed by atoms with Crippen molar-refractivity contribution in [3.63, 3.8) is 0 Å². The van der Waals surface area contributed by atoms with Crippen LogP contribution in [0.15, 0.2) is 24.3 Å². The van der Waals surface area contributed by atoms with E-state index >= 15 is 0 Å². The van der Waals surface area contributed by atoms with Gasteiger partial charge in [0.05, 0.1) is 5.56 Å². The molecule has 1 amide bonds. The van der Waals surface area contributed by atoms with Crippen molar-refractivity contribution in [2.75, 3.05) is 31.1 Å². The van der Waals surface area contributed by atoms with Gasteiger partial charge < -0.3 is 9.80 Å². The molecule has 3 unspecified atom stereocenters. The lowest BCUT2D eigenvalue weighted by Gasteiger charge is -2.38. The zero-order chi connectivity index (χ0) is 19.0. The van der Waals surface area contributed by atoms with Crippen LogP contribution in [0.4, 0.5) is 18.9 Å². The summed E-state index contributed by atoms with van der Waals surface area (Å²) in [7, 11) is 0. The van der Waals surface area contributed by atoms with Crippen LogP contribution in [0.3, 0.4) is 0 Å². The molecule has 1 aromatic carbocycles. The predicted octanol–water partition coefficient (Wildman–Crippen LogP) is 2.39. The van der Waals surface area contributed by atoms with E-state index in [-0.39, 0.29) is 11.9 Å². The quantitative estimate of drug-likeness (QED) is 0.825. The molecule has 2 saturated heterocycles. The maximum Gasteiger partial charge on any atom is 0.416 e. The Labute approximate surface area is 156 Å². The summed E-state index contributed by atoms with van der Waals surface area (Å²) in [4.78, 5) is 16.7. The lowest BCUT2D eigenvalue weighted by atomic mass is 9.81. The molecule has 8 heteroatoms. The highest BCUT2D eigenvalue weighted by atomic mass is 19.4. The number of anilines is 1. The smallest absolute Gasteiger partial charge is 0.368 e. The predicted molar refractivity (Wildman–Crippen MR) is 96.0 cm³/mol. The van der Waals surface area contributed by atoms with E-state index in [1.807, 2.05) is 9.80 Å². The number of rotatable bonds is 2. The number of alkyl halides is 3. The van der Waals surface area contributed by atoms with Crippen LogP contribution in [-0.2, 0) is 11.0 Å². The number of nitrogens with one attached hydrogen (secondary N) is 2. The minimum absolute atomic E-state index is 0.112. The third-order valence-corrected chi connectivity index (χ3v) is 6.07. The van der Waals surface area contributed by atoms with Crippen LogP contribution >= 0.6 is 0 Å². The molecule has 3 aliphatic rings. The molecule has 27 heavy (non-hydrogen) atoms. The van der Waals surface area contributed by atoms with E-state index in [0.29, 0.717) is 43.8 Å². The minimum atomic E-state index is -4.34. The Morgan fingerprint density at radius 1 is 1.04 bits per heavy atom. The molecular formula is C19H25F3N4O. The molecule has 0 aromatic heterocycles. The van der Waals surface area contributed by atoms with E-state index < -0.39 is 11.7 Å². The number of carbonyl (C=O) groups is 1. The molecule has 2 aliphatic heterocycles. The fraction of sp³-hybridized carbons (Fsp3) is 0.632. The Bertz CT molecular complexity index is 688. The minimum Gasteiger partial charge on any atom is -0.368 e. The van der Waals surface area contributed by atoms with Crippen molar-refractivity contribution in [1.82, 2.24) is 15.8 Å². The maximum absolute atomic E-state index is 12.9. The van der Waals surface area contributed by atoms with Gasteiger partial charge in [-0.05, 0) is 31.0 Å². The number of carbonyl (C=O) groups excluding carboxylic acids is 1. The van der Waals surface area contributed by atoms with E-state index in [9.17, 15) is 18.0 Å². The fourth-order valence-electron chi connectivity index (χ4n) is 4.55. The first-order valence-electron chi connectivity index (χ1n) is 9.65. The molecule has 0 radical (unpaired) electrons. The summed E-state index contributed by atoms with van der Waals surface area (Å²) in [6.07, 6.45) is 0.186. The average Bonchev–Trinajstić information content (AvgIpc) is 3.11. The van der Waals surface area contributed by atoms with Gasteiger partial charge in [0.2, 0.25) is 5.91 Å². The first-order chi connectivity index (χ1) is 12.9. The van der Waals surface area contributed by atoms with Gasteiger partial charge in [-0.15, -0.1) is 0 Å². The van der Waals surface area contributed by atoms with Gasteiger partial charge in [0.25, 0.3) is 0 Å². The molecule has 3 fully saturated rings. The molecular weight excluding hydrogens is 357 g/mol. The zero-order valence-corrected chi connectivity index (χ0v) is 15.1. The van der Waals surface area contributed by atoms with Crippen molar-refractivity contribution >= 4 is 11.6 Å². The Hall–Kier alpha value is -1.80. The lowest BCUT2D eigenvalue weighted by Crippen LogP contribution is -2.55. The number of benzene rings is 1. The lowest BCUT2D eigenvalue weighted by molar-refractivity contribution is -0.137. The molecule has 1 aromatic rings. The summed E-state index contributed by atoms with van der Waals surface area (Å²) in [5.41, 5.74) is 6.38. The molecule has 5 nitrogen and oxygen atoms in total. The summed E-state index contributed by atoms with van der Waals surface area (Å²) in [5.74, 6) is 0.452. The van der Waals surface area contributed by atoms with Crippen molar-refractivity contribution in [3.05, 3.63) is 29.8 Å². The summed E-state index contributed by atoms with van der Waals surface area (Å²) < 4.78 is 38.8. The van der Waals surface area contributed by atoms with E-state index in [2.05, 4.69) is 10.9 Å². The van der Waals surface area contributed by atoms with Crippen LogP contribution in [0.2, 0.25) is 0 Å². The number of halogens is 3. The van der Waals surface area contributed by atoms with Gasteiger partial charge in [-0.3, -0.25) is 10.2 Å². The van der Waals surface area contributed by atoms with Crippen molar-refractivity contribution in [2.45, 2.75) is 43.9 Å². The van der Waals surface area contributed by atoms with E-state index in [1.54, 1.807) is 6.07 Å². The molecule has 148 valence electrons. The Balaban J connectivity index is 1.37. The van der Waals surface area contributed by atoms with Crippen LogP contribution in [0, 0.1) is 5.92 Å². The second kappa shape index (κ2) is 7.31. The van der Waals surface area contributed by atoms with Gasteiger partial charge in [-0.25, -0.2) is 5.43 Å². The second-order valence-corrected chi connectivity index (χ2v) is 7.68. The number of piperazine rings is 1. The molecule has 2 heterocycles. The monoisotopic (exact) mass is 382 g/mol. The van der Waals surface area contributed by atoms with Crippen LogP contribution in [0.5, 0.6) is 0 Å². The summed E-state index contributed by atoms with van der Waals surface area (Å²) in [6.45, 7) is 2.15. The molecule has 2 N–H and O–H groups in total. The molecule has 1 aliphatic carbocycles. The fourth-order valence-corrected chi connectivity index (χ4v) is 4.55. The highest BCUT2D eigenvalue weighted by Gasteiger charge is 2.43. The standard InChI is InChI=1S/C19H25F3N4O/c20-19(21,22)13-4-3-5-14(12-13)25-8-10-26(11-9-25)18(27)17-15-6-1-2-7-16(15)23-24-17/h3-5,12,15-17,23-24H,1-2,6-11H2. The molecule has 0 bridgehead atoms. The van der Waals surface area contributed by atoms with E-state index in [1.165, 1.54) is 18.6 Å². The van der Waals surface area contributed by atoms with Gasteiger partial charge in [0.1, 0.15) is 6.04 Å². The number of nitrogens with zero attached hydrogens (tertiary/aromatic N) is 2. The van der Waals surface area contributed by atoms with Crippen LogP contribution in [-0.4, -0.2) is 49.1 Å². The topological polar surface area (TPSA) is 47.6 Å². The first kappa shape index (κ1) is 18.6. The van der Waals surface area contributed by atoms with Crippen molar-refractivity contribution < 1.29 is 18.0 Å². The SMILES string of the molecule is O=C(C1NNC2CCCCC21)N1CCN(c2cccc(C(F)(F)F)c2)CC1.